The van der Waals surface area contributed by atoms with Crippen LogP contribution in [0, 0.1) is 0 Å². The molecule has 0 bridgehead atoms. The van der Waals surface area contributed by atoms with Crippen LogP contribution in [0.2, 0.25) is 0 Å². The highest BCUT2D eigenvalue weighted by molar-refractivity contribution is 8.93. The van der Waals surface area contributed by atoms with Crippen molar-refractivity contribution >= 4 is 39.8 Å². The predicted molar refractivity (Wildman–Crippen MR) is 133 cm³/mol. The maximum absolute atomic E-state index is 2.41. The van der Waals surface area contributed by atoms with Crippen molar-refractivity contribution in [2.24, 2.45) is 0 Å². The summed E-state index contributed by atoms with van der Waals surface area (Å²) in [6.07, 6.45) is 0. The van der Waals surface area contributed by atoms with Crippen LogP contribution in [0.3, 0.4) is 0 Å². The Balaban J connectivity index is 0.00000218. The molecule has 2 nitrogen and oxygen atoms in total. The molecule has 1 heterocycles. The monoisotopic (exact) mass is 454 g/mol. The van der Waals surface area contributed by atoms with Crippen molar-refractivity contribution < 1.29 is 0 Å². The Labute approximate surface area is 188 Å². The number of hydrogen-bond donors (Lipinski definition) is 0. The minimum absolute atomic E-state index is 0. The van der Waals surface area contributed by atoms with Crippen molar-refractivity contribution in [1.29, 1.82) is 0 Å². The highest BCUT2D eigenvalue weighted by Crippen LogP contribution is 2.42. The van der Waals surface area contributed by atoms with Gasteiger partial charge in [-0.3, -0.25) is 0 Å². The van der Waals surface area contributed by atoms with Gasteiger partial charge >= 0.3 is 0 Å². The number of hydrogen-bond acceptors (Lipinski definition) is 2. The van der Waals surface area contributed by atoms with E-state index in [9.17, 15) is 0 Å². The third kappa shape index (κ3) is 3.77. The van der Waals surface area contributed by atoms with Crippen molar-refractivity contribution in [3.8, 4) is 0 Å². The maximum atomic E-state index is 2.41. The summed E-state index contributed by atoms with van der Waals surface area (Å²) >= 11 is 0. The van der Waals surface area contributed by atoms with Gasteiger partial charge in [-0.15, -0.1) is 17.0 Å². The summed E-state index contributed by atoms with van der Waals surface area (Å²) in [4.78, 5) is 4.81. The van der Waals surface area contributed by atoms with E-state index >= 15 is 0 Å². The number of para-hydroxylation sites is 2. The Morgan fingerprint density at radius 1 is 0.400 bits per heavy atom. The lowest BCUT2D eigenvalue weighted by Crippen LogP contribution is -2.27. The van der Waals surface area contributed by atoms with Crippen LogP contribution in [-0.2, 0) is 0 Å². The highest BCUT2D eigenvalue weighted by atomic mass is 79.9. The second-order valence-electron chi connectivity index (χ2n) is 7.10. The topological polar surface area (TPSA) is 6.48 Å². The summed E-state index contributed by atoms with van der Waals surface area (Å²) in [6, 6.07) is 42.6. The van der Waals surface area contributed by atoms with E-state index < -0.39 is 0 Å². The van der Waals surface area contributed by atoms with E-state index in [1.807, 2.05) is 0 Å². The second-order valence-corrected chi connectivity index (χ2v) is 7.10. The zero-order valence-corrected chi connectivity index (χ0v) is 18.3. The summed E-state index contributed by atoms with van der Waals surface area (Å²) in [5, 5.41) is 0. The number of halogens is 1. The molecule has 30 heavy (non-hydrogen) atoms. The maximum Gasteiger partial charge on any atom is 0.100 e. The van der Waals surface area contributed by atoms with Crippen molar-refractivity contribution in [3.05, 3.63) is 132 Å². The molecule has 4 aromatic carbocycles. The molecular weight excluding hydrogens is 432 g/mol. The zero-order chi connectivity index (χ0) is 19.5. The molecule has 0 saturated heterocycles. The van der Waals surface area contributed by atoms with E-state index in [2.05, 4.69) is 131 Å². The van der Waals surface area contributed by atoms with E-state index in [-0.39, 0.29) is 17.0 Å². The van der Waals surface area contributed by atoms with Crippen LogP contribution in [0.1, 0.15) is 11.1 Å². The molecule has 4 aromatic rings. The second kappa shape index (κ2) is 9.02. The van der Waals surface area contributed by atoms with Crippen LogP contribution in [0.4, 0.5) is 11.4 Å². The smallest absolute Gasteiger partial charge is 0.100 e. The van der Waals surface area contributed by atoms with Gasteiger partial charge in [0.05, 0.1) is 11.4 Å². The minimum atomic E-state index is 0. The summed E-state index contributed by atoms with van der Waals surface area (Å²) in [6.45, 7) is 0.766. The van der Waals surface area contributed by atoms with Gasteiger partial charge in [-0.1, -0.05) is 97.1 Å². The summed E-state index contributed by atoms with van der Waals surface area (Å²) < 4.78 is 0. The van der Waals surface area contributed by atoms with Gasteiger partial charge in [-0.25, -0.2) is 0 Å². The standard InChI is InChI=1S/C27H22N2.BrH/c1-5-13-22(14-6-1)26-27(23-15-7-2-8-16-23)29(25-19-11-4-12-20-25)21-28(26)24-17-9-3-10-18-24;/h1-20H,21H2;1H. The predicted octanol–water partition coefficient (Wildman–Crippen LogP) is 7.07. The third-order valence-corrected chi connectivity index (χ3v) is 5.28. The molecule has 3 heteroatoms. The molecule has 0 aromatic heterocycles. The first-order valence-corrected chi connectivity index (χ1v) is 9.92. The first-order chi connectivity index (χ1) is 14.4. The molecule has 0 atom stereocenters. The minimum Gasteiger partial charge on any atom is -0.321 e. The molecule has 5 rings (SSSR count). The third-order valence-electron chi connectivity index (χ3n) is 5.28. The van der Waals surface area contributed by atoms with Gasteiger partial charge in [0.1, 0.15) is 6.67 Å². The fourth-order valence-electron chi connectivity index (χ4n) is 3.95. The molecule has 0 spiro atoms. The fourth-order valence-corrected chi connectivity index (χ4v) is 3.95. The van der Waals surface area contributed by atoms with Crippen LogP contribution in [0.25, 0.3) is 11.4 Å². The lowest BCUT2D eigenvalue weighted by atomic mass is 10.0. The summed E-state index contributed by atoms with van der Waals surface area (Å²) in [5.74, 6) is 0. The van der Waals surface area contributed by atoms with E-state index in [1.54, 1.807) is 0 Å². The van der Waals surface area contributed by atoms with Crippen LogP contribution >= 0.6 is 17.0 Å². The first kappa shape index (κ1) is 20.0. The fraction of sp³-hybridized carbons (Fsp3) is 0.0370. The quantitative estimate of drug-likeness (QED) is 0.325. The lowest BCUT2D eigenvalue weighted by Gasteiger charge is -2.24. The molecule has 148 valence electrons. The van der Waals surface area contributed by atoms with Crippen LogP contribution < -0.4 is 9.80 Å². The van der Waals surface area contributed by atoms with Crippen LogP contribution in [0.15, 0.2) is 121 Å². The van der Waals surface area contributed by atoms with Gasteiger partial charge in [0.25, 0.3) is 0 Å². The van der Waals surface area contributed by atoms with Crippen molar-refractivity contribution in [2.75, 3.05) is 16.5 Å². The number of rotatable bonds is 4. The largest absolute Gasteiger partial charge is 0.321 e. The van der Waals surface area contributed by atoms with Crippen molar-refractivity contribution in [3.63, 3.8) is 0 Å². The van der Waals surface area contributed by atoms with E-state index in [4.69, 9.17) is 0 Å². The van der Waals surface area contributed by atoms with E-state index in [1.165, 1.54) is 33.9 Å². The van der Waals surface area contributed by atoms with Gasteiger partial charge in [-0.2, -0.15) is 0 Å². The van der Waals surface area contributed by atoms with Gasteiger partial charge in [0.2, 0.25) is 0 Å². The average molecular weight is 455 g/mol. The number of nitrogens with zero attached hydrogens (tertiary/aromatic N) is 2. The Morgan fingerprint density at radius 3 is 1.03 bits per heavy atom. The van der Waals surface area contributed by atoms with Crippen molar-refractivity contribution in [2.45, 2.75) is 0 Å². The van der Waals surface area contributed by atoms with Gasteiger partial charge in [0, 0.05) is 22.5 Å². The normalized spacial score (nSPS) is 13.3. The van der Waals surface area contributed by atoms with E-state index in [0.717, 1.165) is 6.67 Å². The Morgan fingerprint density at radius 2 is 0.700 bits per heavy atom. The Kier molecular flexibility index (Phi) is 6.01. The molecule has 0 radical (unpaired) electrons. The Hall–Kier alpha value is -3.30. The SMILES string of the molecule is Br.c1ccc(C2=C(c3ccccc3)N(c3ccccc3)CN2c2ccccc2)cc1. The van der Waals surface area contributed by atoms with Gasteiger partial charge in [-0.05, 0) is 24.3 Å². The van der Waals surface area contributed by atoms with Crippen LogP contribution in [-0.4, -0.2) is 6.67 Å². The number of anilines is 2. The van der Waals surface area contributed by atoms with E-state index in [0.29, 0.717) is 0 Å². The Bertz CT molecular complexity index is 1020. The molecule has 1 aliphatic heterocycles. The molecule has 0 aliphatic carbocycles. The molecule has 0 saturated carbocycles. The number of benzene rings is 4. The molecule has 0 unspecified atom stereocenters. The van der Waals surface area contributed by atoms with Gasteiger partial charge < -0.3 is 9.80 Å². The highest BCUT2D eigenvalue weighted by Gasteiger charge is 2.32. The average Bonchev–Trinajstić information content (AvgIpc) is 3.22. The summed E-state index contributed by atoms with van der Waals surface area (Å²) in [7, 11) is 0. The summed E-state index contributed by atoms with van der Waals surface area (Å²) in [5.41, 5.74) is 7.28. The van der Waals surface area contributed by atoms with Gasteiger partial charge in [0.15, 0.2) is 0 Å². The molecule has 0 amide bonds. The van der Waals surface area contributed by atoms with Crippen LogP contribution in [0.5, 0.6) is 0 Å². The first-order valence-electron chi connectivity index (χ1n) is 9.92. The zero-order valence-electron chi connectivity index (χ0n) is 16.6. The molecule has 1 aliphatic rings. The molecule has 0 N–H and O–H groups in total. The molecule has 0 fully saturated rings. The molecular formula is C27H23BrN2. The lowest BCUT2D eigenvalue weighted by molar-refractivity contribution is 0.987. The van der Waals surface area contributed by atoms with Crippen molar-refractivity contribution in [1.82, 2.24) is 0 Å².